The summed E-state index contributed by atoms with van der Waals surface area (Å²) in [5.41, 5.74) is 3.67. The monoisotopic (exact) mass is 962 g/mol. The number of allylic oxidation sites excluding steroid dienone is 4. The van der Waals surface area contributed by atoms with Crippen molar-refractivity contribution in [1.29, 1.82) is 0 Å². The normalized spacial score (nSPS) is 13.3. The van der Waals surface area contributed by atoms with Crippen molar-refractivity contribution in [3.8, 4) is 0 Å². The molecule has 6 rings (SSSR count). The first-order valence-corrected chi connectivity index (χ1v) is 26.7. The average Bonchev–Trinajstić information content (AvgIpc) is 3.41. The molecule has 368 valence electrons. The van der Waals surface area contributed by atoms with Crippen molar-refractivity contribution >= 4 is 13.8 Å². The molecule has 0 aliphatic carbocycles. The standard InChI is InChI=1S/C61H72NO7P/c1-2-3-4-5-6-7-8-9-10-11-12-13-14-15-34-47-59(63)69-58(50-66-61(55-41-28-19-29-42-55,56-43-30-20-31-44-56)57-45-32-21-33-46-57)51-68-70(64,65)67-49-48-62-60(52-35-22-16-23-36-52,53-37-24-17-25-38-53)54-39-26-18-27-40-54/h6-7,9-10,16-33,35-46,58,62H,2-5,8,11-15,34,47-51H2,1H3,(H,64,65)/t58-/m1/s1. The Kier molecular flexibility index (Phi) is 22.6. The van der Waals surface area contributed by atoms with Crippen LogP contribution in [-0.2, 0) is 39.0 Å². The predicted molar refractivity (Wildman–Crippen MR) is 283 cm³/mol. The fourth-order valence-electron chi connectivity index (χ4n) is 8.91. The second kappa shape index (κ2) is 29.5. The average molecular weight is 962 g/mol. The van der Waals surface area contributed by atoms with Gasteiger partial charge in [-0.05, 0) is 71.9 Å². The van der Waals surface area contributed by atoms with Crippen LogP contribution in [0, 0.1) is 0 Å². The largest absolute Gasteiger partial charge is 0.472 e. The molecule has 9 heteroatoms. The Balaban J connectivity index is 1.11. The molecule has 0 radical (unpaired) electrons. The van der Waals surface area contributed by atoms with E-state index in [1.807, 2.05) is 146 Å². The number of nitrogens with one attached hydrogen (secondary N) is 1. The number of rotatable bonds is 32. The highest BCUT2D eigenvalue weighted by atomic mass is 31.2. The highest BCUT2D eigenvalue weighted by Crippen LogP contribution is 2.45. The molecule has 0 aromatic heterocycles. The molecule has 70 heavy (non-hydrogen) atoms. The van der Waals surface area contributed by atoms with Crippen LogP contribution >= 0.6 is 7.82 Å². The molecule has 0 saturated heterocycles. The van der Waals surface area contributed by atoms with E-state index in [1.54, 1.807) is 0 Å². The molecule has 6 aromatic carbocycles. The van der Waals surface area contributed by atoms with Crippen LogP contribution < -0.4 is 5.32 Å². The van der Waals surface area contributed by atoms with Gasteiger partial charge < -0.3 is 14.4 Å². The number of benzene rings is 6. The van der Waals surface area contributed by atoms with E-state index < -0.39 is 37.6 Å². The van der Waals surface area contributed by atoms with Crippen molar-refractivity contribution in [2.24, 2.45) is 0 Å². The van der Waals surface area contributed by atoms with Gasteiger partial charge in [0.05, 0.1) is 25.4 Å². The second-order valence-electron chi connectivity index (χ2n) is 17.6. The molecule has 0 bridgehead atoms. The Bertz CT molecular complexity index is 2260. The highest BCUT2D eigenvalue weighted by Gasteiger charge is 2.40. The van der Waals surface area contributed by atoms with E-state index in [0.29, 0.717) is 6.42 Å². The van der Waals surface area contributed by atoms with Crippen molar-refractivity contribution in [3.05, 3.63) is 240 Å². The molecular weight excluding hydrogens is 890 g/mol. The molecular formula is C61H72NO7P. The summed E-state index contributed by atoms with van der Waals surface area (Å²) in [6, 6.07) is 60.0. The van der Waals surface area contributed by atoms with E-state index in [2.05, 4.69) is 72.9 Å². The lowest BCUT2D eigenvalue weighted by Gasteiger charge is -2.37. The van der Waals surface area contributed by atoms with Crippen LogP contribution in [0.4, 0.5) is 0 Å². The summed E-state index contributed by atoms with van der Waals surface area (Å²) in [6.45, 7) is 1.67. The number of phosphoric acid groups is 1. The molecule has 1 unspecified atom stereocenters. The molecule has 0 aliphatic rings. The van der Waals surface area contributed by atoms with Gasteiger partial charge in [-0.1, -0.05) is 245 Å². The molecule has 0 aliphatic heterocycles. The SMILES string of the molecule is CCCCCC=CCC=CCCCCCCCC(=O)O[C@H](COC(c1ccccc1)(c1ccccc1)c1ccccc1)COP(=O)(O)OCCNC(c1ccccc1)(c1ccccc1)c1ccccc1. The summed E-state index contributed by atoms with van der Waals surface area (Å²) in [5, 5.41) is 3.68. The predicted octanol–water partition coefficient (Wildman–Crippen LogP) is 14.4. The van der Waals surface area contributed by atoms with Gasteiger partial charge in [0.15, 0.2) is 0 Å². The van der Waals surface area contributed by atoms with Gasteiger partial charge in [-0.2, -0.15) is 0 Å². The number of phosphoric ester groups is 1. The van der Waals surface area contributed by atoms with Crippen LogP contribution in [0.15, 0.2) is 206 Å². The summed E-state index contributed by atoms with van der Waals surface area (Å²) in [5.74, 6) is -0.426. The van der Waals surface area contributed by atoms with Crippen LogP contribution in [0.2, 0.25) is 0 Å². The third-order valence-corrected chi connectivity index (χ3v) is 13.4. The summed E-state index contributed by atoms with van der Waals surface area (Å²) in [4.78, 5) is 24.8. The molecule has 8 nitrogen and oxygen atoms in total. The smallest absolute Gasteiger partial charge is 0.457 e. The summed E-state index contributed by atoms with van der Waals surface area (Å²) in [6.07, 6.45) is 20.0. The summed E-state index contributed by atoms with van der Waals surface area (Å²) in [7, 11) is -4.67. The lowest BCUT2D eigenvalue weighted by molar-refractivity contribution is -0.157. The van der Waals surface area contributed by atoms with Crippen molar-refractivity contribution in [2.45, 2.75) is 101 Å². The fourth-order valence-corrected chi connectivity index (χ4v) is 9.66. The van der Waals surface area contributed by atoms with E-state index in [-0.39, 0.29) is 26.2 Å². The topological polar surface area (TPSA) is 103 Å². The number of hydrogen-bond acceptors (Lipinski definition) is 7. The third-order valence-electron chi connectivity index (χ3n) is 12.4. The van der Waals surface area contributed by atoms with E-state index in [9.17, 15) is 14.3 Å². The van der Waals surface area contributed by atoms with Crippen LogP contribution in [0.3, 0.4) is 0 Å². The minimum Gasteiger partial charge on any atom is -0.457 e. The molecule has 0 fully saturated rings. The first-order chi connectivity index (χ1) is 34.4. The molecule has 0 saturated carbocycles. The number of carbonyl (C=O) groups excluding carboxylic acids is 1. The van der Waals surface area contributed by atoms with Gasteiger partial charge in [0, 0.05) is 13.0 Å². The molecule has 0 amide bonds. The molecule has 0 heterocycles. The maximum atomic E-state index is 13.7. The van der Waals surface area contributed by atoms with Crippen molar-refractivity contribution in [2.75, 3.05) is 26.4 Å². The Hall–Kier alpha value is -5.70. The van der Waals surface area contributed by atoms with Gasteiger partial charge in [0.1, 0.15) is 11.7 Å². The lowest BCUT2D eigenvalue weighted by Crippen LogP contribution is -2.46. The Morgan fingerprint density at radius 3 is 1.41 bits per heavy atom. The van der Waals surface area contributed by atoms with Crippen LogP contribution in [-0.4, -0.2) is 43.3 Å². The minimum absolute atomic E-state index is 0.151. The van der Waals surface area contributed by atoms with Gasteiger partial charge in [0.25, 0.3) is 0 Å². The maximum absolute atomic E-state index is 13.7. The molecule has 6 aromatic rings. The van der Waals surface area contributed by atoms with Crippen LogP contribution in [0.1, 0.15) is 117 Å². The quantitative estimate of drug-likeness (QED) is 0.0142. The lowest BCUT2D eigenvalue weighted by atomic mass is 9.77. The Morgan fingerprint density at radius 2 is 0.957 bits per heavy atom. The van der Waals surface area contributed by atoms with Crippen molar-refractivity contribution < 1.29 is 32.8 Å². The van der Waals surface area contributed by atoms with Gasteiger partial charge in [-0.25, -0.2) is 4.57 Å². The zero-order chi connectivity index (χ0) is 49.0. The Labute approximate surface area is 417 Å². The molecule has 2 N–H and O–H groups in total. The number of carbonyl (C=O) groups is 1. The van der Waals surface area contributed by atoms with Gasteiger partial charge >= 0.3 is 13.8 Å². The molecule has 0 spiro atoms. The zero-order valence-electron chi connectivity index (χ0n) is 40.9. The van der Waals surface area contributed by atoms with E-state index in [4.69, 9.17) is 18.5 Å². The van der Waals surface area contributed by atoms with Crippen LogP contribution in [0.5, 0.6) is 0 Å². The summed E-state index contributed by atoms with van der Waals surface area (Å²) < 4.78 is 38.2. The third kappa shape index (κ3) is 16.2. The van der Waals surface area contributed by atoms with E-state index in [0.717, 1.165) is 78.3 Å². The number of ether oxygens (including phenoxy) is 2. The number of hydrogen-bond donors (Lipinski definition) is 2. The minimum atomic E-state index is -4.67. The first-order valence-electron chi connectivity index (χ1n) is 25.2. The number of esters is 1. The number of unbranched alkanes of at least 4 members (excludes halogenated alkanes) is 8. The fraction of sp³-hybridized carbons (Fsp3) is 0.328. The van der Waals surface area contributed by atoms with Crippen molar-refractivity contribution in [1.82, 2.24) is 5.32 Å². The highest BCUT2D eigenvalue weighted by molar-refractivity contribution is 7.47. The van der Waals surface area contributed by atoms with Gasteiger partial charge in [-0.3, -0.25) is 19.2 Å². The first kappa shape index (κ1) is 53.6. The second-order valence-corrected chi connectivity index (χ2v) is 19.0. The van der Waals surface area contributed by atoms with E-state index in [1.165, 1.54) is 19.3 Å². The van der Waals surface area contributed by atoms with E-state index >= 15 is 0 Å². The van der Waals surface area contributed by atoms with Crippen LogP contribution in [0.25, 0.3) is 0 Å². The Morgan fingerprint density at radius 1 is 0.543 bits per heavy atom. The maximum Gasteiger partial charge on any atom is 0.472 e. The van der Waals surface area contributed by atoms with Gasteiger partial charge in [0.2, 0.25) is 0 Å². The van der Waals surface area contributed by atoms with Crippen molar-refractivity contribution in [3.63, 3.8) is 0 Å². The summed E-state index contributed by atoms with van der Waals surface area (Å²) >= 11 is 0. The zero-order valence-corrected chi connectivity index (χ0v) is 41.8. The van der Waals surface area contributed by atoms with Gasteiger partial charge in [-0.15, -0.1) is 0 Å². The molecule has 2 atom stereocenters.